The Kier molecular flexibility index (Phi) is 11.6. The number of nitrogens with zero attached hydrogens (tertiary/aromatic N) is 2. The Hall–Kier alpha value is -4.12. The molecular formula is C31H39N3O8. The zero-order chi connectivity index (χ0) is 29.7. The van der Waals surface area contributed by atoms with Crippen molar-refractivity contribution in [3.8, 4) is 5.75 Å². The molecule has 1 saturated heterocycles. The van der Waals surface area contributed by atoms with Crippen LogP contribution in [0.3, 0.4) is 0 Å². The Morgan fingerprint density at radius 1 is 1.02 bits per heavy atom. The predicted octanol–water partition coefficient (Wildman–Crippen LogP) is 4.00. The number of benzene rings is 2. The average molecular weight is 582 g/mol. The number of fused-ring (bicyclic) bond motifs is 1. The highest BCUT2D eigenvalue weighted by Crippen LogP contribution is 2.31. The molecule has 0 spiro atoms. The molecule has 2 amide bonds. The zero-order valence-corrected chi connectivity index (χ0v) is 24.0. The Balaban J connectivity index is 1.20. The van der Waals surface area contributed by atoms with E-state index in [4.69, 9.17) is 19.0 Å². The first kappa shape index (κ1) is 30.8. The van der Waals surface area contributed by atoms with E-state index in [9.17, 15) is 19.2 Å². The van der Waals surface area contributed by atoms with Gasteiger partial charge in [-0.15, -0.1) is 5.48 Å². The van der Waals surface area contributed by atoms with Gasteiger partial charge in [0.15, 0.2) is 0 Å². The normalized spacial score (nSPS) is 16.1. The third-order valence-corrected chi connectivity index (χ3v) is 7.39. The molecular weight excluding hydrogens is 542 g/mol. The quantitative estimate of drug-likeness (QED) is 0.225. The summed E-state index contributed by atoms with van der Waals surface area (Å²) in [7, 11) is 0. The van der Waals surface area contributed by atoms with E-state index in [2.05, 4.69) is 5.48 Å². The van der Waals surface area contributed by atoms with Crippen molar-refractivity contribution >= 4 is 29.6 Å². The number of esters is 1. The van der Waals surface area contributed by atoms with Crippen LogP contribution in [0.4, 0.5) is 10.5 Å². The minimum atomic E-state index is -0.836. The molecule has 0 radical (unpaired) electrons. The fraction of sp³-hybridized carbons (Fsp3) is 0.484. The van der Waals surface area contributed by atoms with Gasteiger partial charge in [0.2, 0.25) is 5.91 Å². The number of carbonyl (C=O) groups excluding carboxylic acids is 4. The average Bonchev–Trinajstić information content (AvgIpc) is 3.16. The number of amides is 2. The van der Waals surface area contributed by atoms with Crippen LogP contribution in [0.15, 0.2) is 54.6 Å². The molecule has 226 valence electrons. The summed E-state index contributed by atoms with van der Waals surface area (Å²) in [5, 5.41) is 0. The van der Waals surface area contributed by atoms with E-state index < -0.39 is 18.0 Å². The third-order valence-electron chi connectivity index (χ3n) is 7.39. The van der Waals surface area contributed by atoms with Gasteiger partial charge in [0.1, 0.15) is 24.9 Å². The fourth-order valence-electron chi connectivity index (χ4n) is 5.08. The molecule has 2 heterocycles. The molecule has 1 N–H and O–H groups in total. The third kappa shape index (κ3) is 8.94. The highest BCUT2D eigenvalue weighted by Gasteiger charge is 2.28. The molecule has 1 fully saturated rings. The van der Waals surface area contributed by atoms with E-state index in [1.165, 1.54) is 4.90 Å². The molecule has 11 nitrogen and oxygen atoms in total. The molecule has 0 aliphatic carbocycles. The van der Waals surface area contributed by atoms with Crippen molar-refractivity contribution in [3.05, 3.63) is 60.2 Å². The van der Waals surface area contributed by atoms with Gasteiger partial charge in [-0.3, -0.25) is 14.5 Å². The number of para-hydroxylation sites is 2. The number of hydroxylamine groups is 1. The van der Waals surface area contributed by atoms with E-state index in [0.29, 0.717) is 43.3 Å². The number of carbonyl (C=O) groups is 4. The van der Waals surface area contributed by atoms with E-state index >= 15 is 0 Å². The van der Waals surface area contributed by atoms with Gasteiger partial charge in [-0.1, -0.05) is 55.3 Å². The van der Waals surface area contributed by atoms with Crippen LogP contribution < -0.4 is 15.1 Å². The number of hydrogen-bond donors (Lipinski definition) is 1. The van der Waals surface area contributed by atoms with Crippen LogP contribution in [0.25, 0.3) is 0 Å². The maximum atomic E-state index is 12.7. The van der Waals surface area contributed by atoms with Crippen molar-refractivity contribution in [3.63, 3.8) is 0 Å². The summed E-state index contributed by atoms with van der Waals surface area (Å²) in [5.74, 6) is -0.547. The van der Waals surface area contributed by atoms with E-state index in [0.717, 1.165) is 24.8 Å². The highest BCUT2D eigenvalue weighted by molar-refractivity contribution is 5.99. The van der Waals surface area contributed by atoms with Crippen molar-refractivity contribution in [1.29, 1.82) is 0 Å². The summed E-state index contributed by atoms with van der Waals surface area (Å²) in [5.41, 5.74) is 4.02. The molecule has 4 rings (SSSR count). The lowest BCUT2D eigenvalue weighted by Gasteiger charge is -2.31. The van der Waals surface area contributed by atoms with Gasteiger partial charge in [0.25, 0.3) is 0 Å². The summed E-state index contributed by atoms with van der Waals surface area (Å²) in [6.07, 6.45) is 3.50. The van der Waals surface area contributed by atoms with Crippen LogP contribution in [0.1, 0.15) is 51.0 Å². The molecule has 0 saturated carbocycles. The van der Waals surface area contributed by atoms with Gasteiger partial charge in [-0.25, -0.2) is 9.59 Å². The lowest BCUT2D eigenvalue weighted by molar-refractivity contribution is -0.159. The standard InChI is InChI=1S/C31H39N3O8/c1-2-39-30(37)25(32-42-29(36)21-34-26-13-6-7-14-27(26)40-20-17-28(34)35)12-8-11-23-15-18-33(19-16-23)31(38)41-22-24-9-4-3-5-10-24/h3-7,9-10,13-14,23,25,32H,2,8,11-12,15-22H2,1H3/t25-/m0/s1. The van der Waals surface area contributed by atoms with Crippen LogP contribution in [0, 0.1) is 5.92 Å². The molecule has 2 aliphatic heterocycles. The van der Waals surface area contributed by atoms with Gasteiger partial charge in [0.05, 0.1) is 25.3 Å². The van der Waals surface area contributed by atoms with Crippen molar-refractivity contribution < 1.29 is 38.2 Å². The molecule has 0 bridgehead atoms. The molecule has 0 unspecified atom stereocenters. The molecule has 0 aromatic heterocycles. The first-order valence-corrected chi connectivity index (χ1v) is 14.5. The maximum Gasteiger partial charge on any atom is 0.410 e. The van der Waals surface area contributed by atoms with Crippen molar-refractivity contribution in [2.75, 3.05) is 37.7 Å². The fourth-order valence-corrected chi connectivity index (χ4v) is 5.08. The molecule has 2 aromatic carbocycles. The smallest absolute Gasteiger partial charge is 0.410 e. The van der Waals surface area contributed by atoms with Crippen LogP contribution in [0.5, 0.6) is 5.75 Å². The summed E-state index contributed by atoms with van der Waals surface area (Å²) < 4.78 is 16.2. The molecule has 2 aromatic rings. The van der Waals surface area contributed by atoms with Crippen molar-refractivity contribution in [1.82, 2.24) is 10.4 Å². The number of anilines is 1. The maximum absolute atomic E-state index is 12.7. The minimum absolute atomic E-state index is 0.134. The topological polar surface area (TPSA) is 124 Å². The Morgan fingerprint density at radius 3 is 2.52 bits per heavy atom. The van der Waals surface area contributed by atoms with Crippen LogP contribution in [0.2, 0.25) is 0 Å². The van der Waals surface area contributed by atoms with Crippen LogP contribution in [-0.4, -0.2) is 67.7 Å². The van der Waals surface area contributed by atoms with E-state index in [1.54, 1.807) is 36.1 Å². The number of likely N-dealkylation sites (tertiary alicyclic amines) is 1. The summed E-state index contributed by atoms with van der Waals surface area (Å²) in [6, 6.07) is 15.7. The molecule has 42 heavy (non-hydrogen) atoms. The number of nitrogens with one attached hydrogen (secondary N) is 1. The van der Waals surface area contributed by atoms with Gasteiger partial charge in [-0.05, 0) is 49.8 Å². The highest BCUT2D eigenvalue weighted by atomic mass is 16.7. The number of ether oxygens (including phenoxy) is 3. The SMILES string of the molecule is CCOC(=O)[C@H](CCCC1CCN(C(=O)OCc2ccccc2)CC1)NOC(=O)CN1C(=O)CCOc2ccccc21. The first-order chi connectivity index (χ1) is 20.4. The largest absolute Gasteiger partial charge is 0.491 e. The number of piperidine rings is 1. The summed E-state index contributed by atoms with van der Waals surface area (Å²) in [4.78, 5) is 58.6. The number of rotatable bonds is 12. The van der Waals surface area contributed by atoms with Gasteiger partial charge in [-0.2, -0.15) is 0 Å². The minimum Gasteiger partial charge on any atom is -0.491 e. The second-order valence-electron chi connectivity index (χ2n) is 10.3. The lowest BCUT2D eigenvalue weighted by atomic mass is 9.91. The molecule has 1 atom stereocenters. The lowest BCUT2D eigenvalue weighted by Crippen LogP contribution is -2.43. The summed E-state index contributed by atoms with van der Waals surface area (Å²) >= 11 is 0. The monoisotopic (exact) mass is 581 g/mol. The van der Waals surface area contributed by atoms with Crippen LogP contribution >= 0.6 is 0 Å². The second kappa shape index (κ2) is 15.8. The molecule has 2 aliphatic rings. The number of hydrogen-bond acceptors (Lipinski definition) is 9. The summed E-state index contributed by atoms with van der Waals surface area (Å²) in [6.45, 7) is 3.31. The van der Waals surface area contributed by atoms with Gasteiger partial charge >= 0.3 is 18.0 Å². The van der Waals surface area contributed by atoms with Gasteiger partial charge < -0.3 is 23.9 Å². The first-order valence-electron chi connectivity index (χ1n) is 14.5. The van der Waals surface area contributed by atoms with Gasteiger partial charge in [0, 0.05) is 13.1 Å². The van der Waals surface area contributed by atoms with Crippen molar-refractivity contribution in [2.45, 2.75) is 58.1 Å². The second-order valence-corrected chi connectivity index (χ2v) is 10.3. The van der Waals surface area contributed by atoms with E-state index in [-0.39, 0.29) is 44.8 Å². The van der Waals surface area contributed by atoms with Crippen LogP contribution in [-0.2, 0) is 35.3 Å². The zero-order valence-electron chi connectivity index (χ0n) is 24.0. The Bertz CT molecular complexity index is 1200. The predicted molar refractivity (Wildman–Crippen MR) is 153 cm³/mol. The van der Waals surface area contributed by atoms with Crippen molar-refractivity contribution in [2.24, 2.45) is 5.92 Å². The molecule has 11 heteroatoms. The Labute approximate surface area is 246 Å². The van der Waals surface area contributed by atoms with E-state index in [1.807, 2.05) is 30.3 Å². The Morgan fingerprint density at radius 2 is 1.76 bits per heavy atom.